The van der Waals surface area contributed by atoms with Crippen LogP contribution in [0.2, 0.25) is 5.02 Å². The average molecular weight is 596 g/mol. The molecule has 218 valence electrons. The number of anilines is 1. The number of carbonyl (C=O) groups is 4. The standard InChI is InChI=1S/C28H26ClN5O8/c1-42-22-10-3-6-18(14-22)27(38)32-11-12-33(28(39)30-20-8-4-7-19(29)15-20)26(32)25(37)31-23(16-24(35)36)17-5-2-9-21(13-17)34(40)41/h2-10,13-15,23,26H,11-12,16H2,1H3,(H,30,39)(H,31,37)(H,35,36). The van der Waals surface area contributed by atoms with Gasteiger partial charge in [0.2, 0.25) is 0 Å². The number of benzene rings is 3. The molecule has 1 saturated heterocycles. The number of amides is 4. The van der Waals surface area contributed by atoms with E-state index in [0.717, 1.165) is 11.0 Å². The fraction of sp³-hybridized carbons (Fsp3) is 0.214. The number of ether oxygens (including phenoxy) is 1. The molecule has 2 unspecified atom stereocenters. The SMILES string of the molecule is COc1cccc(C(=O)N2CCN(C(=O)Nc3cccc(Cl)c3)C2C(=O)NC(CC(=O)O)c2cccc([N+](=O)[O-])c2)c1. The molecule has 0 aliphatic carbocycles. The number of methoxy groups -OCH3 is 1. The molecule has 13 nitrogen and oxygen atoms in total. The lowest BCUT2D eigenvalue weighted by Gasteiger charge is -2.31. The van der Waals surface area contributed by atoms with E-state index in [-0.39, 0.29) is 29.9 Å². The molecule has 2 atom stereocenters. The number of hydrogen-bond acceptors (Lipinski definition) is 7. The monoisotopic (exact) mass is 595 g/mol. The van der Waals surface area contributed by atoms with Gasteiger partial charge in [-0.3, -0.25) is 29.4 Å². The number of nitro benzene ring substituents is 1. The van der Waals surface area contributed by atoms with Crippen LogP contribution in [0.4, 0.5) is 16.2 Å². The van der Waals surface area contributed by atoms with Crippen molar-refractivity contribution in [3.05, 3.63) is 99.1 Å². The van der Waals surface area contributed by atoms with E-state index >= 15 is 0 Å². The Labute approximate surface area is 244 Å². The summed E-state index contributed by atoms with van der Waals surface area (Å²) < 4.78 is 5.20. The van der Waals surface area contributed by atoms with Crippen LogP contribution in [0, 0.1) is 10.1 Å². The molecular weight excluding hydrogens is 570 g/mol. The molecule has 42 heavy (non-hydrogen) atoms. The number of non-ortho nitro benzene ring substituents is 1. The molecule has 3 aromatic rings. The Kier molecular flexibility index (Phi) is 9.22. The van der Waals surface area contributed by atoms with Gasteiger partial charge in [0.05, 0.1) is 24.5 Å². The quantitative estimate of drug-likeness (QED) is 0.247. The first-order chi connectivity index (χ1) is 20.1. The summed E-state index contributed by atoms with van der Waals surface area (Å²) in [6.07, 6.45) is -2.10. The van der Waals surface area contributed by atoms with Crippen LogP contribution in [-0.4, -0.2) is 70.0 Å². The molecule has 4 amide bonds. The highest BCUT2D eigenvalue weighted by atomic mass is 35.5. The Hall–Kier alpha value is -5.17. The zero-order valence-electron chi connectivity index (χ0n) is 22.2. The first kappa shape index (κ1) is 29.8. The first-order valence-corrected chi connectivity index (χ1v) is 13.0. The molecule has 3 aromatic carbocycles. The normalized spacial score (nSPS) is 15.0. The zero-order valence-corrected chi connectivity index (χ0v) is 23.0. The third-order valence-corrected chi connectivity index (χ3v) is 6.73. The molecule has 1 fully saturated rings. The van der Waals surface area contributed by atoms with Crippen LogP contribution in [0.1, 0.15) is 28.4 Å². The van der Waals surface area contributed by atoms with Crippen molar-refractivity contribution < 1.29 is 33.9 Å². The number of nitrogens with one attached hydrogen (secondary N) is 2. The number of urea groups is 1. The second-order valence-corrected chi connectivity index (χ2v) is 9.69. The summed E-state index contributed by atoms with van der Waals surface area (Å²) in [7, 11) is 1.44. The number of carboxylic acids is 1. The van der Waals surface area contributed by atoms with Crippen molar-refractivity contribution in [1.82, 2.24) is 15.1 Å². The highest BCUT2D eigenvalue weighted by Crippen LogP contribution is 2.26. The van der Waals surface area contributed by atoms with E-state index in [2.05, 4.69) is 10.6 Å². The second-order valence-electron chi connectivity index (χ2n) is 9.25. The minimum absolute atomic E-state index is 0.0164. The largest absolute Gasteiger partial charge is 0.497 e. The van der Waals surface area contributed by atoms with Crippen molar-refractivity contribution in [3.63, 3.8) is 0 Å². The molecule has 0 saturated carbocycles. The summed E-state index contributed by atoms with van der Waals surface area (Å²) in [6.45, 7) is -0.0435. The van der Waals surface area contributed by atoms with E-state index in [4.69, 9.17) is 16.3 Å². The molecule has 0 aromatic heterocycles. The Morgan fingerprint density at radius 3 is 2.45 bits per heavy atom. The van der Waals surface area contributed by atoms with E-state index in [1.807, 2.05) is 0 Å². The van der Waals surface area contributed by atoms with E-state index in [0.29, 0.717) is 16.5 Å². The number of rotatable bonds is 9. The number of carboxylic acid groups (broad SMARTS) is 1. The van der Waals surface area contributed by atoms with Crippen molar-refractivity contribution in [1.29, 1.82) is 0 Å². The first-order valence-electron chi connectivity index (χ1n) is 12.6. The van der Waals surface area contributed by atoms with Crippen molar-refractivity contribution in [2.24, 2.45) is 0 Å². The second kappa shape index (κ2) is 13.0. The van der Waals surface area contributed by atoms with Gasteiger partial charge >= 0.3 is 12.0 Å². The fourth-order valence-corrected chi connectivity index (χ4v) is 4.74. The maximum atomic E-state index is 13.8. The summed E-state index contributed by atoms with van der Waals surface area (Å²) in [5, 5.41) is 26.4. The molecule has 14 heteroatoms. The van der Waals surface area contributed by atoms with Crippen LogP contribution >= 0.6 is 11.6 Å². The lowest BCUT2D eigenvalue weighted by atomic mass is 10.0. The predicted octanol–water partition coefficient (Wildman–Crippen LogP) is 3.91. The predicted molar refractivity (Wildman–Crippen MR) is 151 cm³/mol. The Morgan fingerprint density at radius 1 is 1.05 bits per heavy atom. The van der Waals surface area contributed by atoms with Gasteiger partial charge in [-0.2, -0.15) is 0 Å². The van der Waals surface area contributed by atoms with Crippen molar-refractivity contribution in [2.45, 2.75) is 18.6 Å². The lowest BCUT2D eigenvalue weighted by Crippen LogP contribution is -2.55. The molecule has 1 aliphatic rings. The van der Waals surface area contributed by atoms with Gasteiger partial charge in [0.25, 0.3) is 17.5 Å². The maximum Gasteiger partial charge on any atom is 0.323 e. The Bertz CT molecular complexity index is 1530. The minimum atomic E-state index is -1.49. The number of hydrogen-bond donors (Lipinski definition) is 3. The van der Waals surface area contributed by atoms with E-state index in [9.17, 15) is 34.4 Å². The van der Waals surface area contributed by atoms with Crippen molar-refractivity contribution >= 4 is 46.8 Å². The van der Waals surface area contributed by atoms with Crippen LogP contribution < -0.4 is 15.4 Å². The summed E-state index contributed by atoms with van der Waals surface area (Å²) in [6, 6.07) is 15.9. The van der Waals surface area contributed by atoms with Gasteiger partial charge in [0, 0.05) is 41.5 Å². The van der Waals surface area contributed by atoms with Crippen LogP contribution in [-0.2, 0) is 9.59 Å². The molecule has 0 bridgehead atoms. The van der Waals surface area contributed by atoms with Gasteiger partial charge in [-0.1, -0.05) is 35.9 Å². The van der Waals surface area contributed by atoms with Crippen LogP contribution in [0.5, 0.6) is 5.75 Å². The Morgan fingerprint density at radius 2 is 1.76 bits per heavy atom. The van der Waals surface area contributed by atoms with Gasteiger partial charge in [0.15, 0.2) is 6.17 Å². The van der Waals surface area contributed by atoms with Crippen molar-refractivity contribution in [3.8, 4) is 5.75 Å². The van der Waals surface area contributed by atoms with E-state index < -0.39 is 47.4 Å². The highest BCUT2D eigenvalue weighted by Gasteiger charge is 2.44. The third kappa shape index (κ3) is 6.93. The number of aliphatic carboxylic acids is 1. The number of nitrogens with zero attached hydrogens (tertiary/aromatic N) is 3. The van der Waals surface area contributed by atoms with Gasteiger partial charge in [0.1, 0.15) is 5.75 Å². The van der Waals surface area contributed by atoms with Gasteiger partial charge < -0.3 is 25.4 Å². The van der Waals surface area contributed by atoms with Crippen molar-refractivity contribution in [2.75, 3.05) is 25.5 Å². The van der Waals surface area contributed by atoms with Crippen LogP contribution in [0.3, 0.4) is 0 Å². The van der Waals surface area contributed by atoms with Gasteiger partial charge in [-0.05, 0) is 42.0 Å². The van der Waals surface area contributed by atoms with Crippen LogP contribution in [0.25, 0.3) is 0 Å². The summed E-state index contributed by atoms with van der Waals surface area (Å²) >= 11 is 6.03. The average Bonchev–Trinajstić information content (AvgIpc) is 3.42. The van der Waals surface area contributed by atoms with Crippen LogP contribution in [0.15, 0.2) is 72.8 Å². The zero-order chi connectivity index (χ0) is 30.4. The summed E-state index contributed by atoms with van der Waals surface area (Å²) in [4.78, 5) is 65.5. The third-order valence-electron chi connectivity index (χ3n) is 6.50. The molecule has 1 aliphatic heterocycles. The lowest BCUT2D eigenvalue weighted by molar-refractivity contribution is -0.384. The highest BCUT2D eigenvalue weighted by molar-refractivity contribution is 6.30. The molecule has 1 heterocycles. The van der Waals surface area contributed by atoms with Gasteiger partial charge in [-0.25, -0.2) is 4.79 Å². The topological polar surface area (TPSA) is 171 Å². The summed E-state index contributed by atoms with van der Waals surface area (Å²) in [5.74, 6) is -2.30. The molecule has 3 N–H and O–H groups in total. The van der Waals surface area contributed by atoms with Gasteiger partial charge in [-0.15, -0.1) is 0 Å². The Balaban J connectivity index is 1.68. The summed E-state index contributed by atoms with van der Waals surface area (Å²) in [5.41, 5.74) is 0.420. The molecule has 0 spiro atoms. The molecular formula is C28H26ClN5O8. The number of halogens is 1. The molecule has 4 rings (SSSR count). The number of nitro groups is 1. The van der Waals surface area contributed by atoms with E-state index in [1.165, 1.54) is 48.4 Å². The minimum Gasteiger partial charge on any atom is -0.497 e. The maximum absolute atomic E-state index is 13.8. The smallest absolute Gasteiger partial charge is 0.323 e. The molecule has 0 radical (unpaired) electrons. The van der Waals surface area contributed by atoms with E-state index in [1.54, 1.807) is 30.3 Å². The fourth-order valence-electron chi connectivity index (χ4n) is 4.55. The number of carbonyl (C=O) groups excluding carboxylic acids is 3.